The Hall–Kier alpha value is -1.06. The van der Waals surface area contributed by atoms with Crippen LogP contribution in [0.1, 0.15) is 37.0 Å². The summed E-state index contributed by atoms with van der Waals surface area (Å²) in [4.78, 5) is 0. The Morgan fingerprint density at radius 1 is 1.21 bits per heavy atom. The molecule has 0 saturated heterocycles. The number of aliphatic hydroxyl groups excluding tert-OH is 1. The number of benzene rings is 1. The van der Waals surface area contributed by atoms with Crippen molar-refractivity contribution in [3.8, 4) is 5.75 Å². The number of aryl methyl sites for hydroxylation is 2. The van der Waals surface area contributed by atoms with Crippen LogP contribution in [0.25, 0.3) is 0 Å². The predicted molar refractivity (Wildman–Crippen MR) is 80.1 cm³/mol. The van der Waals surface area contributed by atoms with Crippen molar-refractivity contribution in [1.82, 2.24) is 5.32 Å². The third-order valence-electron chi connectivity index (χ3n) is 3.55. The van der Waals surface area contributed by atoms with Crippen LogP contribution >= 0.6 is 0 Å². The van der Waals surface area contributed by atoms with Gasteiger partial charge >= 0.3 is 0 Å². The molecule has 108 valence electrons. The maximum absolute atomic E-state index is 8.80. The molecule has 0 spiro atoms. The van der Waals surface area contributed by atoms with Crippen molar-refractivity contribution in [1.29, 1.82) is 0 Å². The van der Waals surface area contributed by atoms with E-state index in [1.165, 1.54) is 16.7 Å². The first-order valence-electron chi connectivity index (χ1n) is 6.89. The number of nitrogens with one attached hydrogen (secondary N) is 1. The summed E-state index contributed by atoms with van der Waals surface area (Å²) in [5.74, 6) is 0.949. The van der Waals surface area contributed by atoms with Crippen molar-refractivity contribution in [2.45, 2.75) is 39.5 Å². The molecule has 0 radical (unpaired) electrons. The fourth-order valence-corrected chi connectivity index (χ4v) is 2.44. The van der Waals surface area contributed by atoms with Crippen LogP contribution in [0.15, 0.2) is 12.1 Å². The Morgan fingerprint density at radius 2 is 1.89 bits per heavy atom. The van der Waals surface area contributed by atoms with E-state index in [-0.39, 0.29) is 12.0 Å². The van der Waals surface area contributed by atoms with Crippen LogP contribution in [0.2, 0.25) is 0 Å². The third-order valence-corrected chi connectivity index (χ3v) is 3.55. The quantitative estimate of drug-likeness (QED) is 0.745. The summed E-state index contributed by atoms with van der Waals surface area (Å²) < 4.78 is 5.36. The van der Waals surface area contributed by atoms with E-state index in [0.717, 1.165) is 25.3 Å². The molecule has 0 aliphatic carbocycles. The lowest BCUT2D eigenvalue weighted by Gasteiger charge is -2.28. The SMILES string of the molecule is COc1cc(C)c(C(C)(C)CNCCCO)cc1C. The van der Waals surface area contributed by atoms with Crippen LogP contribution in [0.4, 0.5) is 0 Å². The second kappa shape index (κ2) is 6.92. The number of ether oxygens (including phenoxy) is 1. The van der Waals surface area contributed by atoms with Crippen LogP contribution in [0, 0.1) is 13.8 Å². The minimum atomic E-state index is 0.0660. The van der Waals surface area contributed by atoms with E-state index in [4.69, 9.17) is 9.84 Å². The molecule has 19 heavy (non-hydrogen) atoms. The number of hydrogen-bond acceptors (Lipinski definition) is 3. The Bertz CT molecular complexity index is 413. The molecule has 0 aliphatic rings. The highest BCUT2D eigenvalue weighted by Crippen LogP contribution is 2.31. The van der Waals surface area contributed by atoms with Crippen molar-refractivity contribution in [3.63, 3.8) is 0 Å². The van der Waals surface area contributed by atoms with Gasteiger partial charge in [0.1, 0.15) is 5.75 Å². The second-order valence-corrected chi connectivity index (χ2v) is 5.77. The van der Waals surface area contributed by atoms with Crippen LogP contribution in [-0.4, -0.2) is 31.9 Å². The van der Waals surface area contributed by atoms with Gasteiger partial charge in [-0.1, -0.05) is 19.9 Å². The van der Waals surface area contributed by atoms with E-state index in [2.05, 4.69) is 45.1 Å². The summed E-state index contributed by atoms with van der Waals surface area (Å²) in [5, 5.41) is 12.2. The fraction of sp³-hybridized carbons (Fsp3) is 0.625. The number of methoxy groups -OCH3 is 1. The standard InChI is InChI=1S/C16H27NO2/c1-12-10-15(19-5)13(2)9-14(12)16(3,4)11-17-7-6-8-18/h9-10,17-18H,6-8,11H2,1-5H3. The number of hydrogen-bond donors (Lipinski definition) is 2. The molecular formula is C16H27NO2. The minimum absolute atomic E-state index is 0.0660. The lowest BCUT2D eigenvalue weighted by atomic mass is 9.81. The Balaban J connectivity index is 2.85. The van der Waals surface area contributed by atoms with Gasteiger partial charge in [0.15, 0.2) is 0 Å². The molecule has 1 aromatic rings. The highest BCUT2D eigenvalue weighted by Gasteiger charge is 2.23. The Morgan fingerprint density at radius 3 is 2.47 bits per heavy atom. The van der Waals surface area contributed by atoms with E-state index in [1.807, 2.05) is 0 Å². The molecule has 3 heteroatoms. The van der Waals surface area contributed by atoms with Gasteiger partial charge in [0, 0.05) is 18.6 Å². The lowest BCUT2D eigenvalue weighted by molar-refractivity contribution is 0.284. The van der Waals surface area contributed by atoms with Crippen LogP contribution in [0.5, 0.6) is 5.75 Å². The van der Waals surface area contributed by atoms with Gasteiger partial charge in [-0.3, -0.25) is 0 Å². The van der Waals surface area contributed by atoms with Gasteiger partial charge in [-0.15, -0.1) is 0 Å². The molecule has 1 rings (SSSR count). The molecule has 0 saturated carbocycles. The third kappa shape index (κ3) is 4.22. The van der Waals surface area contributed by atoms with E-state index < -0.39 is 0 Å². The highest BCUT2D eigenvalue weighted by atomic mass is 16.5. The van der Waals surface area contributed by atoms with Gasteiger partial charge < -0.3 is 15.2 Å². The maximum Gasteiger partial charge on any atom is 0.122 e. The Labute approximate surface area is 117 Å². The molecule has 0 bridgehead atoms. The lowest BCUT2D eigenvalue weighted by Crippen LogP contribution is -2.34. The first kappa shape index (κ1) is 16.0. The van der Waals surface area contributed by atoms with Gasteiger partial charge in [-0.2, -0.15) is 0 Å². The average Bonchev–Trinajstić information content (AvgIpc) is 2.36. The number of aliphatic hydroxyl groups is 1. The molecule has 0 heterocycles. The average molecular weight is 265 g/mol. The second-order valence-electron chi connectivity index (χ2n) is 5.77. The smallest absolute Gasteiger partial charge is 0.122 e. The van der Waals surface area contributed by atoms with E-state index in [0.29, 0.717) is 0 Å². The molecule has 3 nitrogen and oxygen atoms in total. The molecule has 0 fully saturated rings. The molecule has 0 unspecified atom stereocenters. The van der Waals surface area contributed by atoms with Crippen molar-refractivity contribution in [3.05, 3.63) is 28.8 Å². The normalized spacial score (nSPS) is 11.7. The summed E-state index contributed by atoms with van der Waals surface area (Å²) in [5.41, 5.74) is 3.85. The van der Waals surface area contributed by atoms with Crippen molar-refractivity contribution < 1.29 is 9.84 Å². The van der Waals surface area contributed by atoms with E-state index >= 15 is 0 Å². The van der Waals surface area contributed by atoms with Gasteiger partial charge in [0.25, 0.3) is 0 Å². The first-order valence-corrected chi connectivity index (χ1v) is 6.89. The summed E-state index contributed by atoms with van der Waals surface area (Å²) >= 11 is 0. The Kier molecular flexibility index (Phi) is 5.83. The zero-order chi connectivity index (χ0) is 14.5. The summed E-state index contributed by atoms with van der Waals surface area (Å²) in [6, 6.07) is 4.34. The monoisotopic (exact) mass is 265 g/mol. The largest absolute Gasteiger partial charge is 0.496 e. The van der Waals surface area contributed by atoms with Crippen molar-refractivity contribution >= 4 is 0 Å². The first-order chi connectivity index (χ1) is 8.92. The van der Waals surface area contributed by atoms with Crippen LogP contribution in [0.3, 0.4) is 0 Å². The zero-order valence-electron chi connectivity index (χ0n) is 12.8. The summed E-state index contributed by atoms with van der Waals surface area (Å²) in [6.07, 6.45) is 0.802. The molecule has 0 amide bonds. The van der Waals surface area contributed by atoms with Crippen LogP contribution in [-0.2, 0) is 5.41 Å². The number of rotatable bonds is 7. The van der Waals surface area contributed by atoms with Crippen molar-refractivity contribution in [2.24, 2.45) is 0 Å². The molecule has 0 aromatic heterocycles. The fourth-order valence-electron chi connectivity index (χ4n) is 2.44. The molecular weight excluding hydrogens is 238 g/mol. The molecule has 1 aromatic carbocycles. The van der Waals surface area contributed by atoms with Gasteiger partial charge in [0.05, 0.1) is 7.11 Å². The molecule has 0 atom stereocenters. The van der Waals surface area contributed by atoms with Gasteiger partial charge in [-0.05, 0) is 49.6 Å². The topological polar surface area (TPSA) is 41.5 Å². The van der Waals surface area contributed by atoms with Crippen LogP contribution < -0.4 is 10.1 Å². The van der Waals surface area contributed by atoms with Gasteiger partial charge in [-0.25, -0.2) is 0 Å². The summed E-state index contributed by atoms with van der Waals surface area (Å²) in [6.45, 7) is 10.7. The van der Waals surface area contributed by atoms with Gasteiger partial charge in [0.2, 0.25) is 0 Å². The van der Waals surface area contributed by atoms with E-state index in [1.54, 1.807) is 7.11 Å². The maximum atomic E-state index is 8.80. The predicted octanol–water partition coefficient (Wildman–Crippen LogP) is 2.56. The highest BCUT2D eigenvalue weighted by molar-refractivity contribution is 5.44. The van der Waals surface area contributed by atoms with E-state index in [9.17, 15) is 0 Å². The minimum Gasteiger partial charge on any atom is -0.496 e. The molecule has 2 N–H and O–H groups in total. The summed E-state index contributed by atoms with van der Waals surface area (Å²) in [7, 11) is 1.71. The van der Waals surface area contributed by atoms with Crippen molar-refractivity contribution in [2.75, 3.05) is 26.8 Å². The molecule has 0 aliphatic heterocycles. The zero-order valence-corrected chi connectivity index (χ0v) is 12.8.